The lowest BCUT2D eigenvalue weighted by atomic mass is 10.3. The second-order valence-electron chi connectivity index (χ2n) is 3.76. The Hall–Kier alpha value is -1.57. The van der Waals surface area contributed by atoms with E-state index in [1.54, 1.807) is 6.07 Å². The van der Waals surface area contributed by atoms with E-state index in [1.807, 2.05) is 0 Å². The fourth-order valence-corrected chi connectivity index (χ4v) is 2.52. The molecule has 0 bridgehead atoms. The zero-order valence-corrected chi connectivity index (χ0v) is 13.6. The first-order valence-electron chi connectivity index (χ1n) is 5.43. The van der Waals surface area contributed by atoms with E-state index in [1.165, 1.54) is 13.3 Å². The smallest absolute Gasteiger partial charge is 0.272 e. The molecule has 0 amide bonds. The minimum absolute atomic E-state index is 0.0288. The molecule has 6 nitrogen and oxygen atoms in total. The Morgan fingerprint density at radius 3 is 2.38 bits per heavy atom. The fourth-order valence-electron chi connectivity index (χ4n) is 1.48. The van der Waals surface area contributed by atoms with Gasteiger partial charge < -0.3 is 9.47 Å². The third-order valence-electron chi connectivity index (χ3n) is 2.39. The summed E-state index contributed by atoms with van der Waals surface area (Å²) in [5.41, 5.74) is -0.216. The number of nitro groups is 1. The second-order valence-corrected chi connectivity index (χ2v) is 5.43. The van der Waals surface area contributed by atoms with Crippen LogP contribution in [-0.4, -0.2) is 17.0 Å². The molecule has 0 aliphatic rings. The zero-order valence-electron chi connectivity index (χ0n) is 10.5. The van der Waals surface area contributed by atoms with Crippen molar-refractivity contribution in [3.8, 4) is 17.4 Å². The van der Waals surface area contributed by atoms with Gasteiger partial charge in [-0.1, -0.05) is 23.2 Å². The monoisotopic (exact) mass is 392 g/mol. The highest BCUT2D eigenvalue weighted by Crippen LogP contribution is 2.40. The van der Waals surface area contributed by atoms with Crippen LogP contribution >= 0.6 is 39.1 Å². The number of hydrogen-bond donors (Lipinski definition) is 0. The minimum Gasteiger partial charge on any atom is -0.480 e. The summed E-state index contributed by atoms with van der Waals surface area (Å²) < 4.78 is 11.1. The minimum atomic E-state index is -0.590. The van der Waals surface area contributed by atoms with E-state index >= 15 is 0 Å². The number of nitro benzene ring substituents is 1. The van der Waals surface area contributed by atoms with E-state index in [9.17, 15) is 10.1 Å². The lowest BCUT2D eigenvalue weighted by Crippen LogP contribution is -1.93. The van der Waals surface area contributed by atoms with Crippen LogP contribution in [0.5, 0.6) is 17.4 Å². The maximum atomic E-state index is 10.7. The van der Waals surface area contributed by atoms with Gasteiger partial charge in [-0.25, -0.2) is 4.98 Å². The molecule has 0 saturated carbocycles. The summed E-state index contributed by atoms with van der Waals surface area (Å²) in [7, 11) is 1.48. The predicted octanol–water partition coefficient (Wildman–Crippen LogP) is 4.86. The molecule has 0 fully saturated rings. The van der Waals surface area contributed by atoms with E-state index in [4.69, 9.17) is 32.7 Å². The summed E-state index contributed by atoms with van der Waals surface area (Å²) in [5, 5.41) is 10.8. The lowest BCUT2D eigenvalue weighted by molar-refractivity contribution is -0.384. The normalized spacial score (nSPS) is 10.3. The summed E-state index contributed by atoms with van der Waals surface area (Å²) in [4.78, 5) is 14.1. The van der Waals surface area contributed by atoms with Crippen LogP contribution in [-0.2, 0) is 0 Å². The van der Waals surface area contributed by atoms with Gasteiger partial charge in [0, 0.05) is 18.2 Å². The van der Waals surface area contributed by atoms with Gasteiger partial charge in [-0.15, -0.1) is 0 Å². The predicted molar refractivity (Wildman–Crippen MR) is 81.7 cm³/mol. The van der Waals surface area contributed by atoms with Gasteiger partial charge in [0.2, 0.25) is 5.88 Å². The van der Waals surface area contributed by atoms with Crippen LogP contribution in [0.25, 0.3) is 0 Å². The van der Waals surface area contributed by atoms with Gasteiger partial charge in [0.15, 0.2) is 5.75 Å². The molecule has 0 spiro atoms. The standard InChI is InChI=1S/C12H7BrCl2N2O4/c1-20-12-8(13)4-7(5-16-12)21-11-9(14)2-6(17(18)19)3-10(11)15/h2-5H,1H3. The summed E-state index contributed by atoms with van der Waals surface area (Å²) in [6, 6.07) is 3.93. The number of pyridine rings is 1. The Morgan fingerprint density at radius 2 is 1.90 bits per heavy atom. The van der Waals surface area contributed by atoms with E-state index in [0.717, 1.165) is 12.1 Å². The lowest BCUT2D eigenvalue weighted by Gasteiger charge is -2.10. The molecule has 2 rings (SSSR count). The Morgan fingerprint density at radius 1 is 1.29 bits per heavy atom. The summed E-state index contributed by atoms with van der Waals surface area (Å²) in [5.74, 6) is 0.853. The van der Waals surface area contributed by atoms with Crippen molar-refractivity contribution in [1.82, 2.24) is 4.98 Å². The number of aromatic nitrogens is 1. The van der Waals surface area contributed by atoms with Crippen molar-refractivity contribution in [1.29, 1.82) is 0 Å². The van der Waals surface area contributed by atoms with Crippen LogP contribution in [0.15, 0.2) is 28.9 Å². The maximum Gasteiger partial charge on any atom is 0.272 e. The van der Waals surface area contributed by atoms with Gasteiger partial charge in [-0.05, 0) is 15.9 Å². The Balaban J connectivity index is 2.35. The van der Waals surface area contributed by atoms with Crippen LogP contribution in [0, 0.1) is 10.1 Å². The average molecular weight is 394 g/mol. The van der Waals surface area contributed by atoms with Gasteiger partial charge in [0.05, 0.1) is 32.7 Å². The van der Waals surface area contributed by atoms with Crippen molar-refractivity contribution in [3.63, 3.8) is 0 Å². The number of ether oxygens (including phenoxy) is 2. The van der Waals surface area contributed by atoms with Gasteiger partial charge in [-0.2, -0.15) is 0 Å². The van der Waals surface area contributed by atoms with Crippen molar-refractivity contribution in [2.24, 2.45) is 0 Å². The molecule has 1 aromatic heterocycles. The third-order valence-corrected chi connectivity index (χ3v) is 3.52. The number of methoxy groups -OCH3 is 1. The topological polar surface area (TPSA) is 74.5 Å². The average Bonchev–Trinajstić information content (AvgIpc) is 2.42. The summed E-state index contributed by atoms with van der Waals surface area (Å²) >= 11 is 15.2. The highest BCUT2D eigenvalue weighted by atomic mass is 79.9. The number of benzene rings is 1. The number of halogens is 3. The molecule has 0 aliphatic carbocycles. The Labute approximate surface area is 137 Å². The van der Waals surface area contributed by atoms with E-state index in [2.05, 4.69) is 20.9 Å². The molecule has 0 saturated heterocycles. The maximum absolute atomic E-state index is 10.7. The molecular formula is C12H7BrCl2N2O4. The largest absolute Gasteiger partial charge is 0.480 e. The van der Waals surface area contributed by atoms with Crippen molar-refractivity contribution >= 4 is 44.8 Å². The van der Waals surface area contributed by atoms with Gasteiger partial charge in [-0.3, -0.25) is 10.1 Å². The van der Waals surface area contributed by atoms with Crippen molar-refractivity contribution in [2.75, 3.05) is 7.11 Å². The molecule has 0 unspecified atom stereocenters. The Bertz CT molecular complexity index is 689. The fraction of sp³-hybridized carbons (Fsp3) is 0.0833. The first kappa shape index (κ1) is 15.8. The van der Waals surface area contributed by atoms with Gasteiger partial charge in [0.25, 0.3) is 5.69 Å². The van der Waals surface area contributed by atoms with Crippen molar-refractivity contribution < 1.29 is 14.4 Å². The first-order chi connectivity index (χ1) is 9.92. The molecule has 0 atom stereocenters. The van der Waals surface area contributed by atoms with Crippen molar-refractivity contribution in [3.05, 3.63) is 49.0 Å². The second kappa shape index (κ2) is 6.46. The molecule has 2 aromatic rings. The van der Waals surface area contributed by atoms with Crippen LogP contribution in [0.1, 0.15) is 0 Å². The molecule has 9 heteroatoms. The van der Waals surface area contributed by atoms with Crippen LogP contribution < -0.4 is 9.47 Å². The summed E-state index contributed by atoms with van der Waals surface area (Å²) in [6.07, 6.45) is 1.41. The van der Waals surface area contributed by atoms with Crippen molar-refractivity contribution in [2.45, 2.75) is 0 Å². The molecule has 1 heterocycles. The molecule has 110 valence electrons. The van der Waals surface area contributed by atoms with E-state index < -0.39 is 4.92 Å². The molecular weight excluding hydrogens is 387 g/mol. The van der Waals surface area contributed by atoms with Crippen LogP contribution in [0.4, 0.5) is 5.69 Å². The number of rotatable bonds is 4. The molecule has 0 aliphatic heterocycles. The molecule has 0 N–H and O–H groups in total. The molecule has 21 heavy (non-hydrogen) atoms. The SMILES string of the molecule is COc1ncc(Oc2c(Cl)cc([N+](=O)[O-])cc2Cl)cc1Br. The highest BCUT2D eigenvalue weighted by molar-refractivity contribution is 9.10. The summed E-state index contributed by atoms with van der Waals surface area (Å²) in [6.45, 7) is 0. The van der Waals surface area contributed by atoms with Crippen LogP contribution in [0.2, 0.25) is 10.0 Å². The number of hydrogen-bond acceptors (Lipinski definition) is 5. The number of nitrogens with zero attached hydrogens (tertiary/aromatic N) is 2. The Kier molecular flexibility index (Phi) is 4.87. The highest BCUT2D eigenvalue weighted by Gasteiger charge is 2.17. The van der Waals surface area contributed by atoms with Gasteiger partial charge >= 0.3 is 0 Å². The van der Waals surface area contributed by atoms with Gasteiger partial charge in [0.1, 0.15) is 5.75 Å². The first-order valence-corrected chi connectivity index (χ1v) is 6.98. The van der Waals surface area contributed by atoms with E-state index in [-0.39, 0.29) is 21.5 Å². The van der Waals surface area contributed by atoms with E-state index in [0.29, 0.717) is 16.1 Å². The third kappa shape index (κ3) is 3.55. The molecule has 0 radical (unpaired) electrons. The van der Waals surface area contributed by atoms with Crippen LogP contribution in [0.3, 0.4) is 0 Å². The molecule has 1 aromatic carbocycles. The number of non-ortho nitro benzene ring substituents is 1. The zero-order chi connectivity index (χ0) is 15.6. The quantitative estimate of drug-likeness (QED) is 0.547.